The Morgan fingerprint density at radius 3 is 2.68 bits per heavy atom. The molecule has 2 aromatic rings. The van der Waals surface area contributed by atoms with Gasteiger partial charge in [0.25, 0.3) is 0 Å². The van der Waals surface area contributed by atoms with E-state index in [0.717, 1.165) is 33.5 Å². The summed E-state index contributed by atoms with van der Waals surface area (Å²) in [6, 6.07) is 7.54. The number of benzene rings is 1. The Hall–Kier alpha value is -2.66. The number of fused-ring (bicyclic) bond motifs is 1. The molecule has 0 aliphatic carbocycles. The van der Waals surface area contributed by atoms with Crippen molar-refractivity contribution < 1.29 is 15.0 Å². The lowest BCUT2D eigenvalue weighted by molar-refractivity contribution is -0.116. The molecule has 0 unspecified atom stereocenters. The highest BCUT2D eigenvalue weighted by Crippen LogP contribution is 2.36. The molecule has 2 N–H and O–H groups in total. The van der Waals surface area contributed by atoms with Gasteiger partial charge >= 0.3 is 0 Å². The number of aliphatic hydroxyl groups excluding tert-OH is 1. The molecule has 0 spiro atoms. The smallest absolute Gasteiger partial charge is 0.201 e. The van der Waals surface area contributed by atoms with Crippen LogP contribution in [-0.4, -0.2) is 26.3 Å². The Balaban J connectivity index is 2.09. The zero-order chi connectivity index (χ0) is 18.1. The first-order valence-electron chi connectivity index (χ1n) is 8.32. The van der Waals surface area contributed by atoms with Crippen LogP contribution in [0.25, 0.3) is 17.0 Å². The number of carbonyl (C=O) groups excluding carboxylic acids is 1. The number of Topliss-reactive ketones (excluding diaryl/α,β-unsaturated/α-hetero) is 1. The Labute approximate surface area is 146 Å². The quantitative estimate of drug-likeness (QED) is 0.871. The Morgan fingerprint density at radius 1 is 1.28 bits per heavy atom. The molecule has 5 heteroatoms. The Morgan fingerprint density at radius 2 is 2.00 bits per heavy atom. The van der Waals surface area contributed by atoms with Crippen molar-refractivity contribution >= 4 is 28.5 Å². The van der Waals surface area contributed by atoms with Crippen LogP contribution in [-0.2, 0) is 11.5 Å². The molecule has 3 rings (SSSR count). The number of aliphatic hydroxyl groups is 1. The van der Waals surface area contributed by atoms with Crippen LogP contribution >= 0.6 is 0 Å². The summed E-state index contributed by atoms with van der Waals surface area (Å²) in [5.74, 6) is 0.184. The van der Waals surface area contributed by atoms with Gasteiger partial charge in [0.2, 0.25) is 5.88 Å². The Bertz CT molecular complexity index is 945. The number of aromatic hydroxyl groups is 1. The van der Waals surface area contributed by atoms with E-state index in [1.165, 1.54) is 4.57 Å². The summed E-state index contributed by atoms with van der Waals surface area (Å²) >= 11 is 0. The normalized spacial score (nSPS) is 16.2. The number of allylic oxidation sites excluding steroid dienone is 2. The van der Waals surface area contributed by atoms with Crippen molar-refractivity contribution in [1.29, 1.82) is 0 Å². The van der Waals surface area contributed by atoms with Crippen LogP contribution in [0, 0.1) is 0 Å². The van der Waals surface area contributed by atoms with Crippen LogP contribution in [0.3, 0.4) is 0 Å². The van der Waals surface area contributed by atoms with Gasteiger partial charge in [-0.2, -0.15) is 0 Å². The molecule has 0 atom stereocenters. The van der Waals surface area contributed by atoms with Crippen molar-refractivity contribution in [3.63, 3.8) is 0 Å². The summed E-state index contributed by atoms with van der Waals surface area (Å²) in [7, 11) is 0. The number of aliphatic imine (C=N–C) groups is 1. The number of nitrogens with zero attached hydrogens (tertiary/aromatic N) is 2. The van der Waals surface area contributed by atoms with Gasteiger partial charge in [0.1, 0.15) is 12.5 Å². The summed E-state index contributed by atoms with van der Waals surface area (Å²) in [6.45, 7) is 5.23. The van der Waals surface area contributed by atoms with Gasteiger partial charge in [-0.25, -0.2) is 0 Å². The summed E-state index contributed by atoms with van der Waals surface area (Å²) in [6.07, 6.45) is 3.03. The third-order valence-electron chi connectivity index (χ3n) is 4.69. The van der Waals surface area contributed by atoms with E-state index in [1.807, 2.05) is 44.2 Å². The lowest BCUT2D eigenvalue weighted by Gasteiger charge is -2.03. The molecule has 2 heterocycles. The summed E-state index contributed by atoms with van der Waals surface area (Å²) in [5, 5.41) is 20.9. The highest BCUT2D eigenvalue weighted by atomic mass is 16.3. The zero-order valence-electron chi connectivity index (χ0n) is 14.7. The third-order valence-corrected chi connectivity index (χ3v) is 4.69. The number of hydrogen-bond donors (Lipinski definition) is 2. The molecule has 1 aliphatic rings. The van der Waals surface area contributed by atoms with E-state index >= 15 is 0 Å². The van der Waals surface area contributed by atoms with Crippen molar-refractivity contribution in [2.45, 2.75) is 40.3 Å². The lowest BCUT2D eigenvalue weighted by Crippen LogP contribution is -1.98. The lowest BCUT2D eigenvalue weighted by atomic mass is 9.99. The standard InChI is InChI=1S/C20H22N2O3/c1-12(24)8-9-15-13(2)18(21-14(15)3)10-17-16-6-4-5-7-19(16)22(11-23)20(17)25/h4-7,10,23,25H,8-9,11H2,1-3H3/b18-10-. The molecule has 130 valence electrons. The topological polar surface area (TPSA) is 74.8 Å². The van der Waals surface area contributed by atoms with E-state index in [-0.39, 0.29) is 18.4 Å². The molecular weight excluding hydrogens is 316 g/mol. The number of rotatable bonds is 5. The molecular formula is C20H22N2O3. The van der Waals surface area contributed by atoms with Gasteiger partial charge in [-0.05, 0) is 50.5 Å². The molecule has 0 fully saturated rings. The summed E-state index contributed by atoms with van der Waals surface area (Å²) < 4.78 is 1.46. The first-order valence-corrected chi connectivity index (χ1v) is 8.32. The number of ketones is 1. The zero-order valence-corrected chi connectivity index (χ0v) is 14.7. The fourth-order valence-corrected chi connectivity index (χ4v) is 3.31. The van der Waals surface area contributed by atoms with Crippen LogP contribution in [0.15, 0.2) is 46.1 Å². The maximum atomic E-state index is 11.3. The van der Waals surface area contributed by atoms with E-state index in [0.29, 0.717) is 18.4 Å². The maximum Gasteiger partial charge on any atom is 0.201 e. The average molecular weight is 338 g/mol. The monoisotopic (exact) mass is 338 g/mol. The minimum atomic E-state index is -0.295. The largest absolute Gasteiger partial charge is 0.494 e. The van der Waals surface area contributed by atoms with Gasteiger partial charge in [-0.3, -0.25) is 9.56 Å². The number of hydrogen-bond acceptors (Lipinski definition) is 4. The van der Waals surface area contributed by atoms with Gasteiger partial charge in [-0.15, -0.1) is 0 Å². The number of para-hydroxylation sites is 1. The predicted octanol–water partition coefficient (Wildman–Crippen LogP) is 3.80. The van der Waals surface area contributed by atoms with Crippen molar-refractivity contribution in [2.24, 2.45) is 4.99 Å². The molecule has 0 radical (unpaired) electrons. The molecule has 1 aromatic heterocycles. The van der Waals surface area contributed by atoms with E-state index in [1.54, 1.807) is 6.92 Å². The second-order valence-corrected chi connectivity index (χ2v) is 6.36. The van der Waals surface area contributed by atoms with Crippen molar-refractivity contribution in [1.82, 2.24) is 4.57 Å². The second kappa shape index (κ2) is 6.69. The summed E-state index contributed by atoms with van der Waals surface area (Å²) in [4.78, 5) is 15.9. The van der Waals surface area contributed by atoms with Crippen molar-refractivity contribution in [3.05, 3.63) is 46.7 Å². The van der Waals surface area contributed by atoms with Gasteiger partial charge < -0.3 is 15.0 Å². The molecule has 1 aromatic carbocycles. The first kappa shape index (κ1) is 17.2. The molecule has 0 saturated heterocycles. The van der Waals surface area contributed by atoms with E-state index in [4.69, 9.17) is 0 Å². The minimum absolute atomic E-state index is 0.0223. The third kappa shape index (κ3) is 3.03. The van der Waals surface area contributed by atoms with Crippen molar-refractivity contribution in [2.75, 3.05) is 0 Å². The molecule has 25 heavy (non-hydrogen) atoms. The SMILES string of the molecule is CC(=O)CCC1=C(C)/C(=C/c2c(O)n(CO)c3ccccc23)N=C1C. The maximum absolute atomic E-state index is 11.3. The summed E-state index contributed by atoms with van der Waals surface area (Å²) in [5.41, 5.74) is 5.23. The first-order chi connectivity index (χ1) is 11.9. The molecule has 0 amide bonds. The van der Waals surface area contributed by atoms with E-state index in [9.17, 15) is 15.0 Å². The highest BCUT2D eigenvalue weighted by Gasteiger charge is 2.20. The van der Waals surface area contributed by atoms with Crippen LogP contribution in [0.1, 0.15) is 39.2 Å². The fourth-order valence-electron chi connectivity index (χ4n) is 3.31. The van der Waals surface area contributed by atoms with Crippen LogP contribution in [0.2, 0.25) is 0 Å². The number of carbonyl (C=O) groups is 1. The van der Waals surface area contributed by atoms with E-state index in [2.05, 4.69) is 4.99 Å². The average Bonchev–Trinajstić information content (AvgIpc) is 3.00. The van der Waals surface area contributed by atoms with Crippen LogP contribution in [0.5, 0.6) is 5.88 Å². The van der Waals surface area contributed by atoms with Gasteiger partial charge in [-0.1, -0.05) is 18.2 Å². The highest BCUT2D eigenvalue weighted by molar-refractivity contribution is 6.05. The van der Waals surface area contributed by atoms with Gasteiger partial charge in [0.05, 0.1) is 11.2 Å². The fraction of sp³-hybridized carbons (Fsp3) is 0.300. The van der Waals surface area contributed by atoms with Gasteiger partial charge in [0, 0.05) is 23.1 Å². The molecule has 1 aliphatic heterocycles. The number of aromatic nitrogens is 1. The predicted molar refractivity (Wildman–Crippen MR) is 99.5 cm³/mol. The molecule has 0 bridgehead atoms. The molecule has 5 nitrogen and oxygen atoms in total. The molecule has 0 saturated carbocycles. The van der Waals surface area contributed by atoms with E-state index < -0.39 is 0 Å². The minimum Gasteiger partial charge on any atom is -0.494 e. The van der Waals surface area contributed by atoms with Gasteiger partial charge in [0.15, 0.2) is 0 Å². The van der Waals surface area contributed by atoms with Crippen molar-refractivity contribution in [3.8, 4) is 5.88 Å². The van der Waals surface area contributed by atoms with Crippen LogP contribution in [0.4, 0.5) is 0 Å². The Kier molecular flexibility index (Phi) is 4.59. The van der Waals surface area contributed by atoms with Crippen LogP contribution < -0.4 is 0 Å². The second-order valence-electron chi connectivity index (χ2n) is 6.36.